The molecule has 2 aliphatic heterocycles. The quantitative estimate of drug-likeness (QED) is 0.883. The molecule has 23 heavy (non-hydrogen) atoms. The van der Waals surface area contributed by atoms with Crippen LogP contribution >= 0.6 is 11.3 Å². The average molecular weight is 338 g/mol. The van der Waals surface area contributed by atoms with Crippen molar-refractivity contribution >= 4 is 23.2 Å². The SMILES string of the molecule is O=C(NCCC(=O)N1CCC(C2OCCO2)CC1)c1ccsc1. The van der Waals surface area contributed by atoms with Crippen molar-refractivity contribution in [2.45, 2.75) is 25.6 Å². The fraction of sp³-hybridized carbons (Fsp3) is 0.625. The number of hydrogen-bond donors (Lipinski definition) is 1. The van der Waals surface area contributed by atoms with Crippen LogP contribution < -0.4 is 5.32 Å². The monoisotopic (exact) mass is 338 g/mol. The molecule has 0 spiro atoms. The number of piperidine rings is 1. The lowest BCUT2D eigenvalue weighted by molar-refractivity contribution is -0.136. The Labute approximate surface area is 139 Å². The number of hydrogen-bond acceptors (Lipinski definition) is 5. The number of ether oxygens (including phenoxy) is 2. The first-order valence-electron chi connectivity index (χ1n) is 8.05. The molecule has 6 nitrogen and oxygen atoms in total. The number of thiophene rings is 1. The summed E-state index contributed by atoms with van der Waals surface area (Å²) >= 11 is 1.48. The number of nitrogens with one attached hydrogen (secondary N) is 1. The third kappa shape index (κ3) is 4.31. The smallest absolute Gasteiger partial charge is 0.252 e. The molecule has 0 unspecified atom stereocenters. The van der Waals surface area contributed by atoms with Gasteiger partial charge in [0.2, 0.25) is 5.91 Å². The molecule has 0 aliphatic carbocycles. The fourth-order valence-electron chi connectivity index (χ4n) is 3.01. The van der Waals surface area contributed by atoms with Gasteiger partial charge < -0.3 is 19.7 Å². The number of nitrogens with zero attached hydrogens (tertiary/aromatic N) is 1. The topological polar surface area (TPSA) is 67.9 Å². The molecular formula is C16H22N2O4S. The van der Waals surface area contributed by atoms with Crippen LogP contribution in [0.3, 0.4) is 0 Å². The highest BCUT2D eigenvalue weighted by Crippen LogP contribution is 2.25. The molecular weight excluding hydrogens is 316 g/mol. The van der Waals surface area contributed by atoms with Crippen molar-refractivity contribution in [2.24, 2.45) is 5.92 Å². The Morgan fingerprint density at radius 1 is 1.26 bits per heavy atom. The molecule has 7 heteroatoms. The van der Waals surface area contributed by atoms with Crippen LogP contribution in [0, 0.1) is 5.92 Å². The van der Waals surface area contributed by atoms with E-state index in [0.717, 1.165) is 25.9 Å². The minimum atomic E-state index is -0.117. The van der Waals surface area contributed by atoms with Gasteiger partial charge in [0.25, 0.3) is 5.91 Å². The van der Waals surface area contributed by atoms with Crippen molar-refractivity contribution in [1.82, 2.24) is 10.2 Å². The van der Waals surface area contributed by atoms with Gasteiger partial charge in [-0.2, -0.15) is 11.3 Å². The van der Waals surface area contributed by atoms with Gasteiger partial charge in [-0.1, -0.05) is 0 Å². The Morgan fingerprint density at radius 3 is 2.65 bits per heavy atom. The van der Waals surface area contributed by atoms with E-state index in [1.54, 1.807) is 11.4 Å². The number of rotatable bonds is 5. The molecule has 3 heterocycles. The van der Waals surface area contributed by atoms with Crippen molar-refractivity contribution < 1.29 is 19.1 Å². The van der Waals surface area contributed by atoms with E-state index in [9.17, 15) is 9.59 Å². The van der Waals surface area contributed by atoms with E-state index < -0.39 is 0 Å². The zero-order chi connectivity index (χ0) is 16.1. The largest absolute Gasteiger partial charge is 0.351 e. The summed E-state index contributed by atoms with van der Waals surface area (Å²) in [7, 11) is 0. The minimum absolute atomic E-state index is 0.0860. The van der Waals surface area contributed by atoms with Gasteiger partial charge in [0.15, 0.2) is 6.29 Å². The van der Waals surface area contributed by atoms with Crippen LogP contribution in [0.25, 0.3) is 0 Å². The standard InChI is InChI=1S/C16H22N2O4S/c19-14(1-5-17-15(20)13-4-10-23-11-13)18-6-2-12(3-7-18)16-21-8-9-22-16/h4,10-12,16H,1-3,5-9H2,(H,17,20). The molecule has 1 aromatic rings. The predicted molar refractivity (Wildman–Crippen MR) is 86.3 cm³/mol. The van der Waals surface area contributed by atoms with E-state index >= 15 is 0 Å². The number of carbonyl (C=O) groups excluding carboxylic acids is 2. The Balaban J connectivity index is 1.35. The van der Waals surface area contributed by atoms with Crippen LogP contribution in [-0.2, 0) is 14.3 Å². The summed E-state index contributed by atoms with van der Waals surface area (Å²) in [6.45, 7) is 3.21. The van der Waals surface area contributed by atoms with Gasteiger partial charge in [-0.05, 0) is 24.3 Å². The molecule has 2 amide bonds. The zero-order valence-corrected chi connectivity index (χ0v) is 13.8. The predicted octanol–water partition coefficient (Wildman–Crippen LogP) is 1.48. The van der Waals surface area contributed by atoms with Gasteiger partial charge in [-0.15, -0.1) is 0 Å². The average Bonchev–Trinajstić information content (AvgIpc) is 3.28. The highest BCUT2D eigenvalue weighted by atomic mass is 32.1. The summed E-state index contributed by atoms with van der Waals surface area (Å²) in [6.07, 6.45) is 2.09. The first-order chi connectivity index (χ1) is 11.2. The molecule has 126 valence electrons. The summed E-state index contributed by atoms with van der Waals surface area (Å²) < 4.78 is 11.1. The first kappa shape index (κ1) is 16.4. The Kier molecular flexibility index (Phi) is 5.64. The lowest BCUT2D eigenvalue weighted by Crippen LogP contribution is -2.42. The first-order valence-corrected chi connectivity index (χ1v) is 8.99. The van der Waals surface area contributed by atoms with Crippen molar-refractivity contribution in [3.63, 3.8) is 0 Å². The summed E-state index contributed by atoms with van der Waals surface area (Å²) in [5, 5.41) is 6.45. The fourth-order valence-corrected chi connectivity index (χ4v) is 3.64. The van der Waals surface area contributed by atoms with E-state index in [1.165, 1.54) is 11.3 Å². The van der Waals surface area contributed by atoms with Crippen molar-refractivity contribution in [3.8, 4) is 0 Å². The van der Waals surface area contributed by atoms with E-state index in [2.05, 4.69) is 5.32 Å². The summed E-state index contributed by atoms with van der Waals surface area (Å²) in [4.78, 5) is 25.9. The van der Waals surface area contributed by atoms with Crippen LogP contribution in [-0.4, -0.2) is 55.9 Å². The molecule has 0 aromatic carbocycles. The van der Waals surface area contributed by atoms with E-state index in [0.29, 0.717) is 37.7 Å². The van der Waals surface area contributed by atoms with Crippen LogP contribution in [0.2, 0.25) is 0 Å². The number of carbonyl (C=O) groups is 2. The molecule has 0 saturated carbocycles. The maximum Gasteiger partial charge on any atom is 0.252 e. The normalized spacial score (nSPS) is 19.9. The lowest BCUT2D eigenvalue weighted by atomic mass is 9.96. The highest BCUT2D eigenvalue weighted by Gasteiger charge is 2.31. The maximum atomic E-state index is 12.2. The van der Waals surface area contributed by atoms with Crippen molar-refractivity contribution in [2.75, 3.05) is 32.8 Å². The molecule has 2 aliphatic rings. The molecule has 0 atom stereocenters. The van der Waals surface area contributed by atoms with Gasteiger partial charge in [-0.25, -0.2) is 0 Å². The van der Waals surface area contributed by atoms with Gasteiger partial charge in [0.1, 0.15) is 0 Å². The Bertz CT molecular complexity index is 520. The lowest BCUT2D eigenvalue weighted by Gasteiger charge is -2.33. The molecule has 2 saturated heterocycles. The van der Waals surface area contributed by atoms with Crippen LogP contribution in [0.4, 0.5) is 0 Å². The molecule has 2 fully saturated rings. The second kappa shape index (κ2) is 7.90. The van der Waals surface area contributed by atoms with Crippen molar-refractivity contribution in [1.29, 1.82) is 0 Å². The molecule has 1 aromatic heterocycles. The molecule has 3 rings (SSSR count). The Morgan fingerprint density at radius 2 is 2.00 bits per heavy atom. The van der Waals surface area contributed by atoms with E-state index in [4.69, 9.17) is 9.47 Å². The maximum absolute atomic E-state index is 12.2. The van der Waals surface area contributed by atoms with Crippen LogP contribution in [0.15, 0.2) is 16.8 Å². The molecule has 0 radical (unpaired) electrons. The van der Waals surface area contributed by atoms with Gasteiger partial charge in [0.05, 0.1) is 13.2 Å². The van der Waals surface area contributed by atoms with Gasteiger partial charge in [0, 0.05) is 42.9 Å². The van der Waals surface area contributed by atoms with Crippen molar-refractivity contribution in [3.05, 3.63) is 22.4 Å². The number of amides is 2. The molecule has 1 N–H and O–H groups in total. The van der Waals surface area contributed by atoms with Gasteiger partial charge in [-0.3, -0.25) is 9.59 Å². The second-order valence-electron chi connectivity index (χ2n) is 5.85. The summed E-state index contributed by atoms with van der Waals surface area (Å²) in [5.74, 6) is 0.371. The third-order valence-electron chi connectivity index (χ3n) is 4.33. The Hall–Kier alpha value is -1.44. The van der Waals surface area contributed by atoms with E-state index in [-0.39, 0.29) is 18.1 Å². The zero-order valence-electron chi connectivity index (χ0n) is 13.0. The number of likely N-dealkylation sites (tertiary alicyclic amines) is 1. The summed E-state index contributed by atoms with van der Waals surface area (Å²) in [6, 6.07) is 1.78. The van der Waals surface area contributed by atoms with Crippen LogP contribution in [0.5, 0.6) is 0 Å². The summed E-state index contributed by atoms with van der Waals surface area (Å²) in [5.41, 5.74) is 0.653. The third-order valence-corrected chi connectivity index (χ3v) is 5.02. The van der Waals surface area contributed by atoms with Crippen LogP contribution in [0.1, 0.15) is 29.6 Å². The molecule has 0 bridgehead atoms. The van der Waals surface area contributed by atoms with Gasteiger partial charge >= 0.3 is 0 Å². The van der Waals surface area contributed by atoms with E-state index in [1.807, 2.05) is 10.3 Å². The highest BCUT2D eigenvalue weighted by molar-refractivity contribution is 7.08. The second-order valence-corrected chi connectivity index (χ2v) is 6.63. The minimum Gasteiger partial charge on any atom is -0.351 e.